The quantitative estimate of drug-likeness (QED) is 0.781. The molecule has 2 nitrogen and oxygen atoms in total. The molecule has 86 valence electrons. The van der Waals surface area contributed by atoms with Crippen LogP contribution in [0.15, 0.2) is 22.7 Å². The lowest BCUT2D eigenvalue weighted by Gasteiger charge is -2.42. The third kappa shape index (κ3) is 1.61. The van der Waals surface area contributed by atoms with Crippen LogP contribution in [-0.2, 0) is 0 Å². The van der Waals surface area contributed by atoms with Gasteiger partial charge in [0.1, 0.15) is 0 Å². The minimum atomic E-state index is 0.336. The van der Waals surface area contributed by atoms with E-state index in [-0.39, 0.29) is 0 Å². The van der Waals surface area contributed by atoms with E-state index in [1.165, 1.54) is 37.1 Å². The largest absolute Gasteiger partial charge is 0.376 e. The van der Waals surface area contributed by atoms with E-state index in [9.17, 15) is 0 Å². The average molecular weight is 281 g/mol. The standard InChI is InChI=1S/C13H17BrN2/c1-16-9-13(6-2-3-7-13)15-11-8-10(14)4-5-12(11)16/h4-5,8,15H,2-3,6-7,9H2,1H3. The van der Waals surface area contributed by atoms with Crippen molar-refractivity contribution in [1.82, 2.24) is 0 Å². The third-order valence-electron chi connectivity index (χ3n) is 3.87. The fraction of sp³-hybridized carbons (Fsp3) is 0.538. The summed E-state index contributed by atoms with van der Waals surface area (Å²) < 4.78 is 1.15. The van der Waals surface area contributed by atoms with Gasteiger partial charge in [0.05, 0.1) is 16.9 Å². The van der Waals surface area contributed by atoms with Gasteiger partial charge in [-0.3, -0.25) is 0 Å². The maximum Gasteiger partial charge on any atom is 0.0601 e. The van der Waals surface area contributed by atoms with Gasteiger partial charge in [0, 0.05) is 18.1 Å². The molecule has 1 spiro atoms. The number of halogens is 1. The zero-order chi connectivity index (χ0) is 11.2. The van der Waals surface area contributed by atoms with Crippen molar-refractivity contribution >= 4 is 27.3 Å². The monoisotopic (exact) mass is 280 g/mol. The number of fused-ring (bicyclic) bond motifs is 1. The van der Waals surface area contributed by atoms with Crippen LogP contribution in [0.4, 0.5) is 11.4 Å². The molecular weight excluding hydrogens is 264 g/mol. The molecule has 0 atom stereocenters. The summed E-state index contributed by atoms with van der Waals surface area (Å²) in [5, 5.41) is 3.77. The summed E-state index contributed by atoms with van der Waals surface area (Å²) in [5.41, 5.74) is 2.94. The Hall–Kier alpha value is -0.700. The maximum absolute atomic E-state index is 3.77. The summed E-state index contributed by atoms with van der Waals surface area (Å²) >= 11 is 3.55. The molecule has 3 heteroatoms. The van der Waals surface area contributed by atoms with Crippen LogP contribution in [0.5, 0.6) is 0 Å². The molecule has 1 heterocycles. The van der Waals surface area contributed by atoms with Crippen molar-refractivity contribution in [3.63, 3.8) is 0 Å². The van der Waals surface area contributed by atoms with Crippen LogP contribution in [0, 0.1) is 0 Å². The Bertz CT molecular complexity index is 410. The molecule has 0 unspecified atom stereocenters. The topological polar surface area (TPSA) is 15.3 Å². The summed E-state index contributed by atoms with van der Waals surface area (Å²) in [5.74, 6) is 0. The van der Waals surface area contributed by atoms with Gasteiger partial charge < -0.3 is 10.2 Å². The molecule has 1 aromatic rings. The van der Waals surface area contributed by atoms with E-state index in [0.29, 0.717) is 5.54 Å². The second kappa shape index (κ2) is 3.66. The summed E-state index contributed by atoms with van der Waals surface area (Å²) in [4.78, 5) is 2.39. The van der Waals surface area contributed by atoms with E-state index < -0.39 is 0 Å². The molecule has 1 N–H and O–H groups in total. The first-order valence-electron chi connectivity index (χ1n) is 5.97. The molecule has 1 saturated carbocycles. The lowest BCUT2D eigenvalue weighted by molar-refractivity contribution is 0.472. The molecule has 0 amide bonds. The SMILES string of the molecule is CN1CC2(CCCC2)Nc2cc(Br)ccc21. The second-order valence-electron chi connectivity index (χ2n) is 5.13. The van der Waals surface area contributed by atoms with Gasteiger partial charge >= 0.3 is 0 Å². The summed E-state index contributed by atoms with van der Waals surface area (Å²) in [7, 11) is 2.20. The van der Waals surface area contributed by atoms with Crippen LogP contribution in [-0.4, -0.2) is 19.1 Å². The van der Waals surface area contributed by atoms with Crippen molar-refractivity contribution in [2.45, 2.75) is 31.2 Å². The molecular formula is C13H17BrN2. The lowest BCUT2D eigenvalue weighted by atomic mass is 9.93. The minimum absolute atomic E-state index is 0.336. The van der Waals surface area contributed by atoms with E-state index in [1.54, 1.807) is 0 Å². The molecule has 0 aromatic heterocycles. The van der Waals surface area contributed by atoms with Crippen molar-refractivity contribution in [2.24, 2.45) is 0 Å². The Morgan fingerprint density at radius 2 is 2.06 bits per heavy atom. The average Bonchev–Trinajstić information content (AvgIpc) is 2.65. The molecule has 0 saturated heterocycles. The number of nitrogens with zero attached hydrogens (tertiary/aromatic N) is 1. The fourth-order valence-corrected chi connectivity index (χ4v) is 3.50. The highest BCUT2D eigenvalue weighted by Crippen LogP contribution is 2.42. The van der Waals surface area contributed by atoms with E-state index in [1.807, 2.05) is 0 Å². The van der Waals surface area contributed by atoms with Crippen molar-refractivity contribution in [3.05, 3.63) is 22.7 Å². The predicted octanol–water partition coefficient (Wildman–Crippen LogP) is 3.62. The van der Waals surface area contributed by atoms with Crippen molar-refractivity contribution in [2.75, 3.05) is 23.8 Å². The molecule has 1 aliphatic heterocycles. The number of rotatable bonds is 0. The Morgan fingerprint density at radius 1 is 1.31 bits per heavy atom. The van der Waals surface area contributed by atoms with E-state index in [4.69, 9.17) is 0 Å². The van der Waals surface area contributed by atoms with Crippen LogP contribution in [0.3, 0.4) is 0 Å². The first-order chi connectivity index (χ1) is 7.69. The molecule has 1 aliphatic carbocycles. The number of likely N-dealkylation sites (N-methyl/N-ethyl adjacent to an activating group) is 1. The Labute approximate surface area is 105 Å². The van der Waals surface area contributed by atoms with Crippen LogP contribution in [0.2, 0.25) is 0 Å². The summed E-state index contributed by atoms with van der Waals surface area (Å²) in [6.45, 7) is 1.14. The molecule has 3 rings (SSSR count). The van der Waals surface area contributed by atoms with Gasteiger partial charge in [-0.2, -0.15) is 0 Å². The number of hydrogen-bond donors (Lipinski definition) is 1. The first kappa shape index (κ1) is 10.5. The highest BCUT2D eigenvalue weighted by atomic mass is 79.9. The normalized spacial score (nSPS) is 22.0. The van der Waals surface area contributed by atoms with Crippen molar-refractivity contribution in [3.8, 4) is 0 Å². The summed E-state index contributed by atoms with van der Waals surface area (Å²) in [6, 6.07) is 6.50. The van der Waals surface area contributed by atoms with Gasteiger partial charge in [-0.15, -0.1) is 0 Å². The molecule has 16 heavy (non-hydrogen) atoms. The fourth-order valence-electron chi connectivity index (χ4n) is 3.14. The van der Waals surface area contributed by atoms with E-state index >= 15 is 0 Å². The number of nitrogens with one attached hydrogen (secondary N) is 1. The highest BCUT2D eigenvalue weighted by Gasteiger charge is 2.38. The van der Waals surface area contributed by atoms with Crippen LogP contribution in [0.25, 0.3) is 0 Å². The smallest absolute Gasteiger partial charge is 0.0601 e. The van der Waals surface area contributed by atoms with Crippen molar-refractivity contribution < 1.29 is 0 Å². The van der Waals surface area contributed by atoms with Crippen LogP contribution in [0.1, 0.15) is 25.7 Å². The number of benzene rings is 1. The highest BCUT2D eigenvalue weighted by molar-refractivity contribution is 9.10. The lowest BCUT2D eigenvalue weighted by Crippen LogP contribution is -2.49. The maximum atomic E-state index is 3.77. The van der Waals surface area contributed by atoms with Gasteiger partial charge in [-0.1, -0.05) is 28.8 Å². The van der Waals surface area contributed by atoms with Gasteiger partial charge in [0.2, 0.25) is 0 Å². The van der Waals surface area contributed by atoms with E-state index in [2.05, 4.69) is 51.4 Å². The minimum Gasteiger partial charge on any atom is -0.376 e. The van der Waals surface area contributed by atoms with Gasteiger partial charge in [0.25, 0.3) is 0 Å². The van der Waals surface area contributed by atoms with Crippen LogP contribution < -0.4 is 10.2 Å². The zero-order valence-corrected chi connectivity index (χ0v) is 11.2. The Balaban J connectivity index is 2.00. The van der Waals surface area contributed by atoms with Gasteiger partial charge in [0.15, 0.2) is 0 Å². The third-order valence-corrected chi connectivity index (χ3v) is 4.36. The first-order valence-corrected chi connectivity index (χ1v) is 6.77. The van der Waals surface area contributed by atoms with Crippen molar-refractivity contribution in [1.29, 1.82) is 0 Å². The Morgan fingerprint density at radius 3 is 2.81 bits per heavy atom. The molecule has 0 bridgehead atoms. The van der Waals surface area contributed by atoms with E-state index in [0.717, 1.165) is 11.0 Å². The predicted molar refractivity (Wildman–Crippen MR) is 72.2 cm³/mol. The number of hydrogen-bond acceptors (Lipinski definition) is 2. The number of anilines is 2. The summed E-state index contributed by atoms with van der Waals surface area (Å²) in [6.07, 6.45) is 5.35. The molecule has 0 radical (unpaired) electrons. The van der Waals surface area contributed by atoms with Gasteiger partial charge in [-0.05, 0) is 31.0 Å². The molecule has 1 fully saturated rings. The van der Waals surface area contributed by atoms with Gasteiger partial charge in [-0.25, -0.2) is 0 Å². The second-order valence-corrected chi connectivity index (χ2v) is 6.05. The Kier molecular flexibility index (Phi) is 2.39. The molecule has 1 aromatic carbocycles. The zero-order valence-electron chi connectivity index (χ0n) is 9.59. The molecule has 2 aliphatic rings. The van der Waals surface area contributed by atoms with Crippen LogP contribution >= 0.6 is 15.9 Å².